The number of benzene rings is 2. The minimum Gasteiger partial charge on any atom is -0.493 e. The first kappa shape index (κ1) is 21.2. The molecule has 0 radical (unpaired) electrons. The number of carbonyl (C=O) groups is 1. The van der Waals surface area contributed by atoms with E-state index in [1.54, 1.807) is 67.1 Å². The van der Waals surface area contributed by atoms with E-state index in [1.807, 2.05) is 0 Å². The van der Waals surface area contributed by atoms with Crippen LogP contribution >= 0.6 is 23.1 Å². The topological polar surface area (TPSA) is 81.7 Å². The van der Waals surface area contributed by atoms with Crippen molar-refractivity contribution >= 4 is 44.6 Å². The number of Topliss-reactive ketones (excluding diaryl/α,β-unsaturated/α-hetero) is 1. The number of sulfonamides is 1. The van der Waals surface area contributed by atoms with Crippen LogP contribution in [-0.2, 0) is 10.0 Å². The lowest BCUT2D eigenvalue weighted by atomic mass is 10.1. The van der Waals surface area contributed by atoms with Crippen molar-refractivity contribution in [3.8, 4) is 11.5 Å². The van der Waals surface area contributed by atoms with E-state index in [4.69, 9.17) is 9.47 Å². The first-order valence-corrected chi connectivity index (χ1v) is 11.8. The Labute approximate surface area is 177 Å². The Balaban J connectivity index is 1.61. The van der Waals surface area contributed by atoms with Crippen LogP contribution in [0.1, 0.15) is 10.4 Å². The Morgan fingerprint density at radius 3 is 2.38 bits per heavy atom. The van der Waals surface area contributed by atoms with Crippen LogP contribution in [0.4, 0.5) is 5.69 Å². The first-order chi connectivity index (χ1) is 13.9. The van der Waals surface area contributed by atoms with Crippen LogP contribution in [0.3, 0.4) is 0 Å². The van der Waals surface area contributed by atoms with Crippen LogP contribution in [-0.4, -0.2) is 34.2 Å². The minimum absolute atomic E-state index is 0.0431. The van der Waals surface area contributed by atoms with Gasteiger partial charge in [-0.1, -0.05) is 6.07 Å². The quantitative estimate of drug-likeness (QED) is 0.381. The highest BCUT2D eigenvalue weighted by Crippen LogP contribution is 2.29. The van der Waals surface area contributed by atoms with E-state index in [2.05, 4.69) is 4.72 Å². The fourth-order valence-corrected chi connectivity index (χ4v) is 5.33. The molecule has 152 valence electrons. The minimum atomic E-state index is -3.57. The van der Waals surface area contributed by atoms with E-state index >= 15 is 0 Å². The second-order valence-electron chi connectivity index (χ2n) is 5.84. The molecule has 9 heteroatoms. The van der Waals surface area contributed by atoms with Crippen LogP contribution in [0.5, 0.6) is 11.5 Å². The van der Waals surface area contributed by atoms with Gasteiger partial charge in [-0.2, -0.15) is 0 Å². The van der Waals surface area contributed by atoms with Crippen molar-refractivity contribution < 1.29 is 22.7 Å². The maximum atomic E-state index is 12.5. The zero-order valence-electron chi connectivity index (χ0n) is 15.7. The summed E-state index contributed by atoms with van der Waals surface area (Å²) in [5, 5.41) is 1.71. The largest absolute Gasteiger partial charge is 0.493 e. The number of methoxy groups -OCH3 is 2. The number of ether oxygens (including phenoxy) is 2. The van der Waals surface area contributed by atoms with Crippen molar-refractivity contribution in [2.75, 3.05) is 24.7 Å². The number of hydrogen-bond donors (Lipinski definition) is 1. The lowest BCUT2D eigenvalue weighted by molar-refractivity contribution is 0.102. The number of thiophene rings is 1. The van der Waals surface area contributed by atoms with Gasteiger partial charge in [0, 0.05) is 16.1 Å². The maximum absolute atomic E-state index is 12.5. The van der Waals surface area contributed by atoms with Gasteiger partial charge in [-0.05, 0) is 53.9 Å². The molecule has 0 saturated carbocycles. The number of carbonyl (C=O) groups excluding carboxylic acids is 1. The molecule has 0 saturated heterocycles. The summed E-state index contributed by atoms with van der Waals surface area (Å²) in [6.07, 6.45) is 0. The van der Waals surface area contributed by atoms with E-state index in [9.17, 15) is 13.2 Å². The third-order valence-electron chi connectivity index (χ3n) is 3.94. The Kier molecular flexibility index (Phi) is 6.83. The van der Waals surface area contributed by atoms with Crippen molar-refractivity contribution in [2.24, 2.45) is 0 Å². The average molecular weight is 450 g/mol. The Bertz CT molecular complexity index is 1080. The number of nitrogens with one attached hydrogen (secondary N) is 1. The summed E-state index contributed by atoms with van der Waals surface area (Å²) in [7, 11) is -0.508. The van der Waals surface area contributed by atoms with E-state index in [1.165, 1.54) is 18.9 Å². The van der Waals surface area contributed by atoms with Crippen LogP contribution in [0, 0.1) is 0 Å². The van der Waals surface area contributed by atoms with Crippen molar-refractivity contribution in [1.82, 2.24) is 0 Å². The molecule has 6 nitrogen and oxygen atoms in total. The molecule has 3 aromatic rings. The van der Waals surface area contributed by atoms with Crippen LogP contribution in [0.15, 0.2) is 69.1 Å². The normalized spacial score (nSPS) is 11.1. The molecular formula is C20H19NO5S3. The van der Waals surface area contributed by atoms with Crippen molar-refractivity contribution in [2.45, 2.75) is 9.10 Å². The summed E-state index contributed by atoms with van der Waals surface area (Å²) < 4.78 is 37.7. The molecule has 1 heterocycles. The smallest absolute Gasteiger partial charge is 0.271 e. The third kappa shape index (κ3) is 5.31. The fraction of sp³-hybridized carbons (Fsp3) is 0.150. The van der Waals surface area contributed by atoms with Crippen molar-refractivity contribution in [3.05, 3.63) is 65.5 Å². The zero-order chi connectivity index (χ0) is 20.9. The van der Waals surface area contributed by atoms with Gasteiger partial charge in [0.15, 0.2) is 17.3 Å². The van der Waals surface area contributed by atoms with E-state index < -0.39 is 10.0 Å². The molecule has 0 aliphatic heterocycles. The molecule has 0 aliphatic rings. The molecule has 0 atom stereocenters. The van der Waals surface area contributed by atoms with Gasteiger partial charge in [-0.15, -0.1) is 23.1 Å². The number of rotatable bonds is 9. The predicted molar refractivity (Wildman–Crippen MR) is 116 cm³/mol. The molecule has 2 aromatic carbocycles. The van der Waals surface area contributed by atoms with Crippen molar-refractivity contribution in [3.63, 3.8) is 0 Å². The highest BCUT2D eigenvalue weighted by Gasteiger charge is 2.15. The highest BCUT2D eigenvalue weighted by molar-refractivity contribution is 8.00. The van der Waals surface area contributed by atoms with E-state index in [0.29, 0.717) is 22.7 Å². The van der Waals surface area contributed by atoms with Gasteiger partial charge >= 0.3 is 0 Å². The molecule has 1 N–H and O–H groups in total. The monoisotopic (exact) mass is 449 g/mol. The number of thioether (sulfide) groups is 1. The Morgan fingerprint density at radius 1 is 1.03 bits per heavy atom. The van der Waals surface area contributed by atoms with Crippen molar-refractivity contribution in [1.29, 1.82) is 0 Å². The summed E-state index contributed by atoms with van der Waals surface area (Å²) in [4.78, 5) is 13.3. The molecule has 1 aromatic heterocycles. The number of hydrogen-bond acceptors (Lipinski definition) is 7. The van der Waals surface area contributed by atoms with Crippen LogP contribution < -0.4 is 14.2 Å². The lowest BCUT2D eigenvalue weighted by Gasteiger charge is -2.09. The molecule has 0 spiro atoms. The summed E-state index contributed by atoms with van der Waals surface area (Å²) in [6.45, 7) is 0. The van der Waals surface area contributed by atoms with Crippen LogP contribution in [0.25, 0.3) is 0 Å². The van der Waals surface area contributed by atoms with Gasteiger partial charge in [0.05, 0.1) is 20.0 Å². The SMILES string of the molecule is COc1ccc(C(=O)CSc2ccc(NS(=O)(=O)c3cccs3)cc2)cc1OC. The van der Waals surface area contributed by atoms with Gasteiger partial charge in [0.25, 0.3) is 10.0 Å². The summed E-state index contributed by atoms with van der Waals surface area (Å²) in [5.74, 6) is 1.27. The summed E-state index contributed by atoms with van der Waals surface area (Å²) in [5.41, 5.74) is 1.00. The molecule has 29 heavy (non-hydrogen) atoms. The average Bonchev–Trinajstić information content (AvgIpc) is 3.28. The van der Waals surface area contributed by atoms with Gasteiger partial charge in [-0.25, -0.2) is 8.42 Å². The standard InChI is InChI=1S/C20H19NO5S3/c1-25-18-10-5-14(12-19(18)26-2)17(22)13-28-16-8-6-15(7-9-16)21-29(23,24)20-4-3-11-27-20/h3-12,21H,13H2,1-2H3. The van der Waals surface area contributed by atoms with Gasteiger partial charge in [-0.3, -0.25) is 9.52 Å². The second-order valence-corrected chi connectivity index (χ2v) is 9.75. The van der Waals surface area contributed by atoms with Gasteiger partial charge < -0.3 is 9.47 Å². The van der Waals surface area contributed by atoms with E-state index in [0.717, 1.165) is 16.2 Å². The molecule has 0 bridgehead atoms. The van der Waals surface area contributed by atoms with Crippen LogP contribution in [0.2, 0.25) is 0 Å². The molecule has 0 amide bonds. The first-order valence-electron chi connectivity index (χ1n) is 8.47. The third-order valence-corrected chi connectivity index (χ3v) is 7.73. The summed E-state index contributed by atoms with van der Waals surface area (Å²) in [6, 6.07) is 15.2. The second kappa shape index (κ2) is 9.34. The highest BCUT2D eigenvalue weighted by atomic mass is 32.2. The number of ketones is 1. The number of anilines is 1. The Hall–Kier alpha value is -2.49. The van der Waals surface area contributed by atoms with Gasteiger partial charge in [0.1, 0.15) is 4.21 Å². The fourth-order valence-electron chi connectivity index (χ4n) is 2.48. The maximum Gasteiger partial charge on any atom is 0.271 e. The zero-order valence-corrected chi connectivity index (χ0v) is 18.2. The van der Waals surface area contributed by atoms with E-state index in [-0.39, 0.29) is 15.7 Å². The molecule has 3 rings (SSSR count). The molecule has 0 unspecified atom stereocenters. The molecule has 0 fully saturated rings. The predicted octanol–water partition coefficient (Wildman–Crippen LogP) is 4.54. The van der Waals surface area contributed by atoms with Gasteiger partial charge in [0.2, 0.25) is 0 Å². The molecular weight excluding hydrogens is 430 g/mol. The summed E-state index contributed by atoms with van der Waals surface area (Å²) >= 11 is 2.53. The lowest BCUT2D eigenvalue weighted by Crippen LogP contribution is -2.11. The molecule has 0 aliphatic carbocycles. The Morgan fingerprint density at radius 2 is 1.76 bits per heavy atom.